The van der Waals surface area contributed by atoms with Gasteiger partial charge in [-0.25, -0.2) is 0 Å². The number of carbonyl (C=O) groups excluding carboxylic acids is 1. The molecule has 0 aliphatic carbocycles. The van der Waals surface area contributed by atoms with E-state index in [1.54, 1.807) is 12.1 Å². The van der Waals surface area contributed by atoms with Crippen molar-refractivity contribution in [3.8, 4) is 0 Å². The Balaban J connectivity index is 2.99. The van der Waals surface area contributed by atoms with Crippen molar-refractivity contribution in [3.63, 3.8) is 0 Å². The van der Waals surface area contributed by atoms with Gasteiger partial charge in [0.25, 0.3) is 5.69 Å². The molecule has 0 bridgehead atoms. The van der Waals surface area contributed by atoms with E-state index in [1.165, 1.54) is 13.0 Å². The molecule has 1 N–H and O–H groups in total. The summed E-state index contributed by atoms with van der Waals surface area (Å²) in [6.07, 6.45) is 0.753. The van der Waals surface area contributed by atoms with E-state index in [1.807, 2.05) is 0 Å². The maximum absolute atomic E-state index is 11.4. The monoisotopic (exact) mass is 315 g/mol. The topological polar surface area (TPSA) is 80.4 Å². The van der Waals surface area contributed by atoms with Crippen molar-refractivity contribution in [2.45, 2.75) is 19.8 Å². The minimum atomic E-state index is -0.470. The van der Waals surface area contributed by atoms with E-state index in [9.17, 15) is 14.9 Å². The molecule has 1 atom stereocenters. The van der Waals surface area contributed by atoms with Crippen molar-refractivity contribution in [2.75, 3.05) is 6.61 Å². The first kappa shape index (κ1) is 14.8. The van der Waals surface area contributed by atoms with Crippen LogP contribution in [-0.2, 0) is 11.2 Å². The zero-order valence-corrected chi connectivity index (χ0v) is 11.5. The van der Waals surface area contributed by atoms with Gasteiger partial charge in [-0.2, -0.15) is 0 Å². The third-order valence-electron chi connectivity index (χ3n) is 2.77. The molecule has 0 radical (unpaired) electrons. The minimum absolute atomic E-state index is 0.0150. The second-order valence-electron chi connectivity index (χ2n) is 4.03. The van der Waals surface area contributed by atoms with E-state index in [2.05, 4.69) is 15.9 Å². The van der Waals surface area contributed by atoms with Crippen molar-refractivity contribution in [1.82, 2.24) is 0 Å². The molecule has 0 heterocycles. The molecule has 0 saturated carbocycles. The quantitative estimate of drug-likeness (QED) is 0.646. The first-order valence-corrected chi connectivity index (χ1v) is 6.29. The Kier molecular flexibility index (Phi) is 5.43. The number of Topliss-reactive ketones (excluding diaryl/α,β-unsaturated/α-hetero) is 1. The summed E-state index contributed by atoms with van der Waals surface area (Å²) in [5.41, 5.74) is 0.691. The Morgan fingerprint density at radius 3 is 2.72 bits per heavy atom. The molecule has 1 aromatic rings. The van der Waals surface area contributed by atoms with Crippen molar-refractivity contribution in [3.05, 3.63) is 38.3 Å². The zero-order valence-electron chi connectivity index (χ0n) is 9.93. The number of nitro benzene ring substituents is 1. The SMILES string of the molecule is CC(=O)C(CCO)Cc1cccc([N+](=O)[O-])c1Br. The van der Waals surface area contributed by atoms with Crippen LogP contribution in [0.4, 0.5) is 5.69 Å². The van der Waals surface area contributed by atoms with Gasteiger partial charge in [-0.3, -0.25) is 14.9 Å². The fourth-order valence-electron chi connectivity index (χ4n) is 1.74. The highest BCUT2D eigenvalue weighted by Gasteiger charge is 2.20. The lowest BCUT2D eigenvalue weighted by Crippen LogP contribution is -2.16. The molecule has 0 saturated heterocycles. The van der Waals surface area contributed by atoms with Crippen LogP contribution < -0.4 is 0 Å². The molecule has 0 fully saturated rings. The van der Waals surface area contributed by atoms with Gasteiger partial charge < -0.3 is 5.11 Å². The average molecular weight is 316 g/mol. The van der Waals surface area contributed by atoms with Gasteiger partial charge in [-0.15, -0.1) is 0 Å². The van der Waals surface area contributed by atoms with Crippen molar-refractivity contribution in [2.24, 2.45) is 5.92 Å². The number of nitro groups is 1. The lowest BCUT2D eigenvalue weighted by atomic mass is 9.93. The van der Waals surface area contributed by atoms with E-state index in [-0.39, 0.29) is 24.0 Å². The second kappa shape index (κ2) is 6.61. The molecular formula is C12H14BrNO4. The standard InChI is InChI=1S/C12H14BrNO4/c1-8(16)9(5-6-15)7-10-3-2-4-11(12(10)13)14(17)18/h2-4,9,15H,5-7H2,1H3. The molecule has 1 rings (SSSR count). The molecule has 6 heteroatoms. The molecule has 0 aliphatic heterocycles. The highest BCUT2D eigenvalue weighted by atomic mass is 79.9. The summed E-state index contributed by atoms with van der Waals surface area (Å²) >= 11 is 3.20. The Labute approximate surface area is 113 Å². The number of halogens is 1. The van der Waals surface area contributed by atoms with Gasteiger partial charge in [0.15, 0.2) is 0 Å². The summed E-state index contributed by atoms with van der Waals surface area (Å²) in [6.45, 7) is 1.39. The molecule has 0 aromatic heterocycles. The number of hydrogen-bond donors (Lipinski definition) is 1. The Morgan fingerprint density at radius 2 is 2.22 bits per heavy atom. The molecule has 0 amide bonds. The molecule has 98 valence electrons. The predicted octanol–water partition coefficient (Wildman–Crippen LogP) is 2.49. The summed E-state index contributed by atoms with van der Waals surface area (Å²) in [5, 5.41) is 19.7. The van der Waals surface area contributed by atoms with Gasteiger partial charge >= 0.3 is 0 Å². The average Bonchev–Trinajstić information content (AvgIpc) is 2.30. The fraction of sp³-hybridized carbons (Fsp3) is 0.417. The summed E-state index contributed by atoms with van der Waals surface area (Å²) in [5.74, 6) is -0.337. The summed E-state index contributed by atoms with van der Waals surface area (Å²) < 4.78 is 0.402. The van der Waals surface area contributed by atoms with Crippen molar-refractivity contribution >= 4 is 27.4 Å². The van der Waals surface area contributed by atoms with Gasteiger partial charge in [0.1, 0.15) is 5.78 Å². The van der Waals surface area contributed by atoms with Crippen LogP contribution in [0.3, 0.4) is 0 Å². The number of aliphatic hydroxyl groups is 1. The van der Waals surface area contributed by atoms with Crippen LogP contribution in [0.25, 0.3) is 0 Å². The van der Waals surface area contributed by atoms with E-state index in [0.717, 1.165) is 0 Å². The number of benzene rings is 1. The molecule has 18 heavy (non-hydrogen) atoms. The molecule has 0 spiro atoms. The third-order valence-corrected chi connectivity index (χ3v) is 3.69. The molecule has 1 aromatic carbocycles. The number of carbonyl (C=O) groups is 1. The Hall–Kier alpha value is -1.27. The van der Waals surface area contributed by atoms with Gasteiger partial charge in [0, 0.05) is 18.6 Å². The van der Waals surface area contributed by atoms with Crippen LogP contribution in [0.1, 0.15) is 18.9 Å². The number of aliphatic hydroxyl groups excluding tert-OH is 1. The number of nitrogens with zero attached hydrogens (tertiary/aromatic N) is 1. The van der Waals surface area contributed by atoms with Gasteiger partial charge in [-0.05, 0) is 41.3 Å². The van der Waals surface area contributed by atoms with Crippen LogP contribution in [0.5, 0.6) is 0 Å². The normalized spacial score (nSPS) is 12.2. The largest absolute Gasteiger partial charge is 0.396 e. The number of hydrogen-bond acceptors (Lipinski definition) is 4. The molecular weight excluding hydrogens is 302 g/mol. The third kappa shape index (κ3) is 3.61. The summed E-state index contributed by atoms with van der Waals surface area (Å²) in [4.78, 5) is 21.7. The zero-order chi connectivity index (χ0) is 13.7. The predicted molar refractivity (Wildman–Crippen MR) is 70.4 cm³/mol. The molecule has 0 aliphatic rings. The first-order valence-electron chi connectivity index (χ1n) is 5.50. The summed E-state index contributed by atoms with van der Waals surface area (Å²) in [7, 11) is 0. The first-order chi connectivity index (χ1) is 8.47. The van der Waals surface area contributed by atoms with Crippen molar-refractivity contribution < 1.29 is 14.8 Å². The van der Waals surface area contributed by atoms with Gasteiger partial charge in [-0.1, -0.05) is 12.1 Å². The molecule has 5 nitrogen and oxygen atoms in total. The van der Waals surface area contributed by atoms with Crippen molar-refractivity contribution in [1.29, 1.82) is 0 Å². The smallest absolute Gasteiger partial charge is 0.283 e. The van der Waals surface area contributed by atoms with E-state index < -0.39 is 4.92 Å². The van der Waals surface area contributed by atoms with Crippen LogP contribution in [0.2, 0.25) is 0 Å². The van der Waals surface area contributed by atoms with E-state index in [0.29, 0.717) is 22.9 Å². The highest BCUT2D eigenvalue weighted by Crippen LogP contribution is 2.30. The number of rotatable bonds is 6. The highest BCUT2D eigenvalue weighted by molar-refractivity contribution is 9.10. The Bertz CT molecular complexity index is 461. The Morgan fingerprint density at radius 1 is 1.56 bits per heavy atom. The summed E-state index contributed by atoms with van der Waals surface area (Å²) in [6, 6.07) is 4.74. The lowest BCUT2D eigenvalue weighted by Gasteiger charge is -2.13. The second-order valence-corrected chi connectivity index (χ2v) is 4.82. The van der Waals surface area contributed by atoms with Crippen LogP contribution in [-0.4, -0.2) is 22.4 Å². The molecule has 1 unspecified atom stereocenters. The fourth-order valence-corrected chi connectivity index (χ4v) is 2.31. The van der Waals surface area contributed by atoms with Gasteiger partial charge in [0.2, 0.25) is 0 Å². The minimum Gasteiger partial charge on any atom is -0.396 e. The van der Waals surface area contributed by atoms with E-state index >= 15 is 0 Å². The van der Waals surface area contributed by atoms with E-state index in [4.69, 9.17) is 5.11 Å². The lowest BCUT2D eigenvalue weighted by molar-refractivity contribution is -0.385. The number of ketones is 1. The van der Waals surface area contributed by atoms with Crippen LogP contribution in [0.15, 0.2) is 22.7 Å². The maximum Gasteiger partial charge on any atom is 0.283 e. The van der Waals surface area contributed by atoms with Crippen LogP contribution >= 0.6 is 15.9 Å². The van der Waals surface area contributed by atoms with Crippen LogP contribution in [0, 0.1) is 16.0 Å². The van der Waals surface area contributed by atoms with Gasteiger partial charge in [0.05, 0.1) is 9.40 Å². The maximum atomic E-state index is 11.4.